The van der Waals surface area contributed by atoms with E-state index in [2.05, 4.69) is 50.3 Å². The van der Waals surface area contributed by atoms with E-state index in [0.717, 1.165) is 17.7 Å². The van der Waals surface area contributed by atoms with Crippen molar-refractivity contribution in [3.05, 3.63) is 21.9 Å². The number of anilines is 1. The van der Waals surface area contributed by atoms with E-state index in [1.807, 2.05) is 6.20 Å². The van der Waals surface area contributed by atoms with Crippen LogP contribution in [0.15, 0.2) is 18.3 Å². The average Bonchev–Trinajstić information content (AvgIpc) is 2.81. The predicted molar refractivity (Wildman–Crippen MR) is 73.4 cm³/mol. The molecule has 16 heavy (non-hydrogen) atoms. The molecule has 0 radical (unpaired) electrons. The number of fused-ring (bicyclic) bond motifs is 1. The fraction of sp³-hybridized carbons (Fsp3) is 0.583. The third-order valence-corrected chi connectivity index (χ3v) is 4.37. The zero-order valence-electron chi connectivity index (χ0n) is 9.12. The third kappa shape index (κ3) is 2.18. The van der Waals surface area contributed by atoms with Gasteiger partial charge >= 0.3 is 0 Å². The number of halogens is 1. The molecule has 3 atom stereocenters. The fourth-order valence-corrected chi connectivity index (χ4v) is 3.27. The Hall–Kier alpha value is -0.360. The van der Waals surface area contributed by atoms with Gasteiger partial charge in [0.25, 0.3) is 0 Å². The molecule has 1 saturated carbocycles. The van der Waals surface area contributed by atoms with Crippen molar-refractivity contribution < 1.29 is 0 Å². The Kier molecular flexibility index (Phi) is 3.02. The number of aromatic nitrogens is 1. The van der Waals surface area contributed by atoms with Crippen molar-refractivity contribution in [1.29, 1.82) is 0 Å². The molecule has 1 aromatic rings. The first-order valence-corrected chi connectivity index (χ1v) is 6.98. The van der Waals surface area contributed by atoms with Crippen LogP contribution >= 0.6 is 22.6 Å². The summed E-state index contributed by atoms with van der Waals surface area (Å²) in [5.74, 6) is 2.81. The standard InChI is InChI=1S/C12H16IN3/c13-10-1-2-12(15-7-10)16-11-3-8-5-14-6-9(8)4-11/h1-2,7-9,11,14H,3-6H2,(H,15,16)/t8-,9?,11+/m1/s1. The van der Waals surface area contributed by atoms with E-state index in [0.29, 0.717) is 6.04 Å². The molecule has 0 aromatic carbocycles. The van der Waals surface area contributed by atoms with Crippen molar-refractivity contribution in [1.82, 2.24) is 10.3 Å². The van der Waals surface area contributed by atoms with E-state index in [9.17, 15) is 0 Å². The minimum absolute atomic E-state index is 0.629. The molecule has 86 valence electrons. The van der Waals surface area contributed by atoms with Gasteiger partial charge in [-0.1, -0.05) is 0 Å². The van der Waals surface area contributed by atoms with Crippen LogP contribution in [0.5, 0.6) is 0 Å². The van der Waals surface area contributed by atoms with Crippen LogP contribution in [0.25, 0.3) is 0 Å². The van der Waals surface area contributed by atoms with Crippen LogP contribution in [0.2, 0.25) is 0 Å². The van der Waals surface area contributed by atoms with Crippen LogP contribution in [0.3, 0.4) is 0 Å². The molecule has 3 nitrogen and oxygen atoms in total. The largest absolute Gasteiger partial charge is 0.367 e. The second-order valence-corrected chi connectivity index (χ2v) is 6.10. The zero-order valence-corrected chi connectivity index (χ0v) is 11.3. The predicted octanol–water partition coefficient (Wildman–Crippen LogP) is 2.10. The molecule has 2 N–H and O–H groups in total. The maximum atomic E-state index is 4.40. The first-order chi connectivity index (χ1) is 7.81. The van der Waals surface area contributed by atoms with E-state index in [1.54, 1.807) is 0 Å². The van der Waals surface area contributed by atoms with Gasteiger partial charge in [-0.25, -0.2) is 4.98 Å². The number of pyridine rings is 1. The second kappa shape index (κ2) is 4.49. The number of hydrogen-bond donors (Lipinski definition) is 2. The van der Waals surface area contributed by atoms with E-state index in [-0.39, 0.29) is 0 Å². The molecule has 1 aromatic heterocycles. The number of rotatable bonds is 2. The van der Waals surface area contributed by atoms with E-state index in [1.165, 1.54) is 29.5 Å². The molecular formula is C12H16IN3. The molecule has 2 fully saturated rings. The Balaban J connectivity index is 1.62. The van der Waals surface area contributed by atoms with E-state index < -0.39 is 0 Å². The summed E-state index contributed by atoms with van der Waals surface area (Å²) in [7, 11) is 0. The highest BCUT2D eigenvalue weighted by Gasteiger charge is 2.37. The Morgan fingerprint density at radius 1 is 1.25 bits per heavy atom. The molecule has 4 heteroatoms. The second-order valence-electron chi connectivity index (χ2n) is 4.85. The topological polar surface area (TPSA) is 37.0 Å². The van der Waals surface area contributed by atoms with Gasteiger partial charge in [0.1, 0.15) is 5.82 Å². The highest BCUT2D eigenvalue weighted by Crippen LogP contribution is 2.35. The highest BCUT2D eigenvalue weighted by atomic mass is 127. The number of nitrogens with one attached hydrogen (secondary N) is 2. The molecule has 1 aliphatic heterocycles. The molecule has 3 rings (SSSR count). The maximum Gasteiger partial charge on any atom is 0.126 e. The Morgan fingerprint density at radius 3 is 2.62 bits per heavy atom. The minimum atomic E-state index is 0.629. The van der Waals surface area contributed by atoms with Gasteiger partial charge < -0.3 is 10.6 Å². The Labute approximate surface area is 110 Å². The lowest BCUT2D eigenvalue weighted by molar-refractivity contribution is 0.494. The Bertz CT molecular complexity index is 353. The lowest BCUT2D eigenvalue weighted by Crippen LogP contribution is -2.20. The van der Waals surface area contributed by atoms with Gasteiger partial charge in [-0.2, -0.15) is 0 Å². The summed E-state index contributed by atoms with van der Waals surface area (Å²) in [6, 6.07) is 4.81. The van der Waals surface area contributed by atoms with E-state index >= 15 is 0 Å². The zero-order chi connectivity index (χ0) is 11.0. The van der Waals surface area contributed by atoms with Gasteiger partial charge in [-0.15, -0.1) is 0 Å². The molecule has 1 aliphatic carbocycles. The first kappa shape index (κ1) is 10.8. The van der Waals surface area contributed by atoms with Crippen LogP contribution < -0.4 is 10.6 Å². The minimum Gasteiger partial charge on any atom is -0.367 e. The summed E-state index contributed by atoms with van der Waals surface area (Å²) >= 11 is 2.28. The quantitative estimate of drug-likeness (QED) is 0.816. The van der Waals surface area contributed by atoms with Crippen molar-refractivity contribution in [2.45, 2.75) is 18.9 Å². The molecule has 1 saturated heterocycles. The molecular weight excluding hydrogens is 313 g/mol. The van der Waals surface area contributed by atoms with Gasteiger partial charge in [0, 0.05) is 15.8 Å². The summed E-state index contributed by atoms with van der Waals surface area (Å²) < 4.78 is 1.19. The summed E-state index contributed by atoms with van der Waals surface area (Å²) in [6.45, 7) is 2.42. The lowest BCUT2D eigenvalue weighted by atomic mass is 10.0. The fourth-order valence-electron chi connectivity index (χ4n) is 2.95. The van der Waals surface area contributed by atoms with Crippen molar-refractivity contribution in [3.63, 3.8) is 0 Å². The van der Waals surface area contributed by atoms with Crippen molar-refractivity contribution >= 4 is 28.4 Å². The van der Waals surface area contributed by atoms with Crippen molar-refractivity contribution in [2.75, 3.05) is 18.4 Å². The van der Waals surface area contributed by atoms with Crippen LogP contribution in [0.1, 0.15) is 12.8 Å². The molecule has 0 amide bonds. The van der Waals surface area contributed by atoms with Gasteiger partial charge in [-0.3, -0.25) is 0 Å². The van der Waals surface area contributed by atoms with E-state index in [4.69, 9.17) is 0 Å². The summed E-state index contributed by atoms with van der Waals surface area (Å²) in [5.41, 5.74) is 0. The van der Waals surface area contributed by atoms with Crippen LogP contribution in [-0.2, 0) is 0 Å². The van der Waals surface area contributed by atoms with Crippen LogP contribution in [0, 0.1) is 15.4 Å². The maximum absolute atomic E-state index is 4.40. The highest BCUT2D eigenvalue weighted by molar-refractivity contribution is 14.1. The number of nitrogens with zero attached hydrogens (tertiary/aromatic N) is 1. The molecule has 1 unspecified atom stereocenters. The Morgan fingerprint density at radius 2 is 2.00 bits per heavy atom. The van der Waals surface area contributed by atoms with Gasteiger partial charge in [0.05, 0.1) is 0 Å². The van der Waals surface area contributed by atoms with Crippen LogP contribution in [0.4, 0.5) is 5.82 Å². The lowest BCUT2D eigenvalue weighted by Gasteiger charge is -2.14. The van der Waals surface area contributed by atoms with Crippen molar-refractivity contribution in [3.8, 4) is 0 Å². The van der Waals surface area contributed by atoms with Gasteiger partial charge in [0.15, 0.2) is 0 Å². The first-order valence-electron chi connectivity index (χ1n) is 5.90. The van der Waals surface area contributed by atoms with Crippen LogP contribution in [-0.4, -0.2) is 24.1 Å². The third-order valence-electron chi connectivity index (χ3n) is 3.73. The molecule has 2 heterocycles. The smallest absolute Gasteiger partial charge is 0.126 e. The van der Waals surface area contributed by atoms with Crippen molar-refractivity contribution in [2.24, 2.45) is 11.8 Å². The average molecular weight is 329 g/mol. The summed E-state index contributed by atoms with van der Waals surface area (Å²) in [6.07, 6.45) is 4.51. The summed E-state index contributed by atoms with van der Waals surface area (Å²) in [4.78, 5) is 4.40. The molecule has 0 bridgehead atoms. The monoisotopic (exact) mass is 329 g/mol. The summed E-state index contributed by atoms with van der Waals surface area (Å²) in [5, 5.41) is 7.03. The number of hydrogen-bond acceptors (Lipinski definition) is 3. The molecule has 0 spiro atoms. The molecule has 2 aliphatic rings. The van der Waals surface area contributed by atoms with Gasteiger partial charge in [-0.05, 0) is 72.5 Å². The SMILES string of the molecule is Ic1ccc(N[C@@H]2CC3CNC[C@H]3C2)nc1. The van der Waals surface area contributed by atoms with Gasteiger partial charge in [0.2, 0.25) is 0 Å². The normalized spacial score (nSPS) is 32.7.